The monoisotopic (exact) mass is 248 g/mol. The Morgan fingerprint density at radius 3 is 2.78 bits per heavy atom. The number of aliphatic hydroxyl groups is 1. The van der Waals surface area contributed by atoms with Crippen molar-refractivity contribution in [3.05, 3.63) is 36.4 Å². The Bertz CT molecular complexity index is 424. The van der Waals surface area contributed by atoms with Gasteiger partial charge < -0.3 is 14.6 Å². The molecular weight excluding hydrogens is 228 g/mol. The van der Waals surface area contributed by atoms with E-state index in [2.05, 4.69) is 6.58 Å². The Hall–Kier alpha value is -1.48. The first-order valence-corrected chi connectivity index (χ1v) is 6.37. The van der Waals surface area contributed by atoms with E-state index in [1.54, 1.807) is 0 Å². The smallest absolute Gasteiger partial charge is 0.161 e. The van der Waals surface area contributed by atoms with Crippen LogP contribution in [-0.2, 0) is 5.60 Å². The molecule has 1 aromatic rings. The van der Waals surface area contributed by atoms with Crippen molar-refractivity contribution >= 4 is 0 Å². The van der Waals surface area contributed by atoms with E-state index >= 15 is 0 Å². The molecule has 0 saturated heterocycles. The van der Waals surface area contributed by atoms with Crippen molar-refractivity contribution in [2.45, 2.75) is 31.8 Å². The van der Waals surface area contributed by atoms with Crippen molar-refractivity contribution in [3.8, 4) is 11.5 Å². The highest BCUT2D eigenvalue weighted by Crippen LogP contribution is 2.35. The molecular formula is C15H20O3. The summed E-state index contributed by atoms with van der Waals surface area (Å²) in [6, 6.07) is 5.65. The molecule has 0 aromatic heterocycles. The number of allylic oxidation sites excluding steroid dienone is 1. The van der Waals surface area contributed by atoms with Crippen molar-refractivity contribution < 1.29 is 14.6 Å². The lowest BCUT2D eigenvalue weighted by Gasteiger charge is -2.24. The molecule has 3 heteroatoms. The van der Waals surface area contributed by atoms with E-state index in [9.17, 15) is 5.11 Å². The lowest BCUT2D eigenvalue weighted by molar-refractivity contribution is 0.0485. The normalized spacial score (nSPS) is 17.7. The third-order valence-corrected chi connectivity index (χ3v) is 3.20. The van der Waals surface area contributed by atoms with Gasteiger partial charge in [0.2, 0.25) is 0 Å². The summed E-state index contributed by atoms with van der Waals surface area (Å²) in [4.78, 5) is 0. The third kappa shape index (κ3) is 2.85. The van der Waals surface area contributed by atoms with Gasteiger partial charge >= 0.3 is 0 Å². The molecule has 1 atom stereocenters. The van der Waals surface area contributed by atoms with Crippen LogP contribution in [0.25, 0.3) is 0 Å². The molecule has 1 aliphatic rings. The predicted octanol–water partition coefficient (Wildman–Crippen LogP) is 3.02. The quantitative estimate of drug-likeness (QED) is 0.832. The van der Waals surface area contributed by atoms with Crippen LogP contribution in [0, 0.1) is 0 Å². The Morgan fingerprint density at radius 2 is 2.06 bits per heavy atom. The zero-order chi connectivity index (χ0) is 13.0. The SMILES string of the molecule is C=CCCC(C)(O)c1ccc2c(c1)OCCCO2. The van der Waals surface area contributed by atoms with Gasteiger partial charge in [-0.15, -0.1) is 6.58 Å². The number of benzene rings is 1. The molecule has 1 heterocycles. The van der Waals surface area contributed by atoms with E-state index in [0.717, 1.165) is 29.9 Å². The number of rotatable bonds is 4. The zero-order valence-electron chi connectivity index (χ0n) is 10.8. The molecule has 0 amide bonds. The molecule has 1 aliphatic heterocycles. The number of fused-ring (bicyclic) bond motifs is 1. The number of ether oxygens (including phenoxy) is 2. The van der Waals surface area contributed by atoms with E-state index in [1.807, 2.05) is 31.2 Å². The van der Waals surface area contributed by atoms with Crippen LogP contribution in [0.5, 0.6) is 11.5 Å². The summed E-state index contributed by atoms with van der Waals surface area (Å²) in [5.41, 5.74) is -0.00703. The van der Waals surface area contributed by atoms with Crippen LogP contribution in [0.1, 0.15) is 31.7 Å². The Labute approximate surface area is 108 Å². The molecule has 1 N–H and O–H groups in total. The summed E-state index contributed by atoms with van der Waals surface area (Å²) in [7, 11) is 0. The van der Waals surface area contributed by atoms with Crippen LogP contribution in [0.15, 0.2) is 30.9 Å². The van der Waals surface area contributed by atoms with Gasteiger partial charge in [-0.2, -0.15) is 0 Å². The summed E-state index contributed by atoms with van der Waals surface area (Å²) in [6.45, 7) is 6.84. The standard InChI is InChI=1S/C15H20O3/c1-3-4-8-15(2,16)12-6-7-13-14(11-12)18-10-5-9-17-13/h3,6-7,11,16H,1,4-5,8-10H2,2H3. The largest absolute Gasteiger partial charge is 0.490 e. The highest BCUT2D eigenvalue weighted by atomic mass is 16.5. The first-order valence-electron chi connectivity index (χ1n) is 6.37. The molecule has 18 heavy (non-hydrogen) atoms. The second kappa shape index (κ2) is 5.44. The van der Waals surface area contributed by atoms with Crippen molar-refractivity contribution in [1.82, 2.24) is 0 Å². The summed E-state index contributed by atoms with van der Waals surface area (Å²) >= 11 is 0. The maximum Gasteiger partial charge on any atom is 0.161 e. The highest BCUT2D eigenvalue weighted by Gasteiger charge is 2.24. The molecule has 0 bridgehead atoms. The van der Waals surface area contributed by atoms with Gasteiger partial charge in [-0.05, 0) is 37.5 Å². The van der Waals surface area contributed by atoms with Gasteiger partial charge in [0.1, 0.15) is 0 Å². The zero-order valence-corrected chi connectivity index (χ0v) is 10.8. The lowest BCUT2D eigenvalue weighted by atomic mass is 9.91. The van der Waals surface area contributed by atoms with Crippen LogP contribution in [-0.4, -0.2) is 18.3 Å². The molecule has 1 aromatic carbocycles. The molecule has 2 rings (SSSR count). The average molecular weight is 248 g/mol. The van der Waals surface area contributed by atoms with Crippen molar-refractivity contribution in [2.24, 2.45) is 0 Å². The minimum atomic E-state index is -0.862. The number of hydrogen-bond donors (Lipinski definition) is 1. The first-order chi connectivity index (χ1) is 8.63. The van der Waals surface area contributed by atoms with Crippen LogP contribution in [0.4, 0.5) is 0 Å². The molecule has 0 saturated carbocycles. The fourth-order valence-corrected chi connectivity index (χ4v) is 2.03. The topological polar surface area (TPSA) is 38.7 Å². The summed E-state index contributed by atoms with van der Waals surface area (Å²) in [5.74, 6) is 1.49. The first kappa shape index (κ1) is 13.0. The van der Waals surface area contributed by atoms with E-state index in [-0.39, 0.29) is 0 Å². The molecule has 0 aliphatic carbocycles. The van der Waals surface area contributed by atoms with Crippen molar-refractivity contribution in [1.29, 1.82) is 0 Å². The highest BCUT2D eigenvalue weighted by molar-refractivity contribution is 5.44. The van der Waals surface area contributed by atoms with Gasteiger partial charge in [0.25, 0.3) is 0 Å². The van der Waals surface area contributed by atoms with E-state index in [4.69, 9.17) is 9.47 Å². The van der Waals surface area contributed by atoms with Crippen LogP contribution >= 0.6 is 0 Å². The maximum absolute atomic E-state index is 10.4. The maximum atomic E-state index is 10.4. The summed E-state index contributed by atoms with van der Waals surface area (Å²) in [5, 5.41) is 10.4. The molecule has 0 fully saturated rings. The minimum absolute atomic E-state index is 0.649. The minimum Gasteiger partial charge on any atom is -0.490 e. The predicted molar refractivity (Wildman–Crippen MR) is 71.1 cm³/mol. The molecule has 0 spiro atoms. The van der Waals surface area contributed by atoms with E-state index in [1.165, 1.54) is 0 Å². The summed E-state index contributed by atoms with van der Waals surface area (Å²) < 4.78 is 11.2. The Balaban J connectivity index is 2.24. The van der Waals surface area contributed by atoms with Crippen molar-refractivity contribution in [2.75, 3.05) is 13.2 Å². The molecule has 98 valence electrons. The van der Waals surface area contributed by atoms with E-state index < -0.39 is 5.60 Å². The van der Waals surface area contributed by atoms with Gasteiger partial charge in [-0.1, -0.05) is 12.1 Å². The van der Waals surface area contributed by atoms with E-state index in [0.29, 0.717) is 19.6 Å². The van der Waals surface area contributed by atoms with Crippen LogP contribution < -0.4 is 9.47 Å². The van der Waals surface area contributed by atoms with Gasteiger partial charge in [-0.25, -0.2) is 0 Å². The van der Waals surface area contributed by atoms with Gasteiger partial charge in [-0.3, -0.25) is 0 Å². The summed E-state index contributed by atoms with van der Waals surface area (Å²) in [6.07, 6.45) is 4.13. The lowest BCUT2D eigenvalue weighted by Crippen LogP contribution is -2.20. The fourth-order valence-electron chi connectivity index (χ4n) is 2.03. The van der Waals surface area contributed by atoms with Crippen molar-refractivity contribution in [3.63, 3.8) is 0 Å². The van der Waals surface area contributed by atoms with Crippen LogP contribution in [0.2, 0.25) is 0 Å². The second-order valence-electron chi connectivity index (χ2n) is 4.81. The second-order valence-corrected chi connectivity index (χ2v) is 4.81. The average Bonchev–Trinajstić information content (AvgIpc) is 2.60. The Morgan fingerprint density at radius 1 is 1.33 bits per heavy atom. The fraction of sp³-hybridized carbons (Fsp3) is 0.467. The Kier molecular flexibility index (Phi) is 3.92. The van der Waals surface area contributed by atoms with Gasteiger partial charge in [0, 0.05) is 6.42 Å². The number of hydrogen-bond acceptors (Lipinski definition) is 3. The van der Waals surface area contributed by atoms with Crippen LogP contribution in [0.3, 0.4) is 0 Å². The molecule has 3 nitrogen and oxygen atoms in total. The molecule has 1 unspecified atom stereocenters. The molecule has 0 radical (unpaired) electrons. The van der Waals surface area contributed by atoms with Gasteiger partial charge in [0.05, 0.1) is 18.8 Å². The van der Waals surface area contributed by atoms with Gasteiger partial charge in [0.15, 0.2) is 11.5 Å². The third-order valence-electron chi connectivity index (χ3n) is 3.20.